The summed E-state index contributed by atoms with van der Waals surface area (Å²) in [4.78, 5) is 32.9. The number of benzene rings is 2. The molecule has 2 heterocycles. The third-order valence-corrected chi connectivity index (χ3v) is 4.26. The van der Waals surface area contributed by atoms with Crippen LogP contribution in [0.2, 0.25) is 0 Å². The highest BCUT2D eigenvalue weighted by Gasteiger charge is 2.20. The fraction of sp³-hybridized carbons (Fsp3) is 0.200. The molecule has 3 aromatic rings. The number of ether oxygens (including phenoxy) is 3. The Morgan fingerprint density at radius 1 is 1.07 bits per heavy atom. The smallest absolute Gasteiger partial charge is 0.338 e. The highest BCUT2D eigenvalue weighted by Crippen LogP contribution is 2.32. The molecule has 0 fully saturated rings. The van der Waals surface area contributed by atoms with Gasteiger partial charge in [-0.15, -0.1) is 0 Å². The van der Waals surface area contributed by atoms with Crippen LogP contribution in [0.3, 0.4) is 0 Å². The van der Waals surface area contributed by atoms with Crippen molar-refractivity contribution in [2.24, 2.45) is 0 Å². The fourth-order valence-electron chi connectivity index (χ4n) is 2.76. The van der Waals surface area contributed by atoms with Gasteiger partial charge in [-0.25, -0.2) is 4.79 Å². The number of rotatable bonds is 5. The normalized spacial score (nSPS) is 13.2. The van der Waals surface area contributed by atoms with E-state index in [-0.39, 0.29) is 13.3 Å². The van der Waals surface area contributed by atoms with Gasteiger partial charge in [-0.3, -0.25) is 14.8 Å². The fourth-order valence-corrected chi connectivity index (χ4v) is 2.76. The Labute approximate surface area is 160 Å². The van der Waals surface area contributed by atoms with Crippen molar-refractivity contribution in [3.8, 4) is 11.5 Å². The number of hydrogen-bond donors (Lipinski definition) is 1. The molecule has 2 aromatic carbocycles. The Morgan fingerprint density at radius 3 is 2.71 bits per heavy atom. The summed E-state index contributed by atoms with van der Waals surface area (Å²) < 4.78 is 15.8. The van der Waals surface area contributed by atoms with Crippen LogP contribution in [-0.2, 0) is 16.1 Å². The minimum Gasteiger partial charge on any atom is -0.454 e. The third kappa shape index (κ3) is 3.71. The van der Waals surface area contributed by atoms with E-state index in [1.165, 1.54) is 6.92 Å². The Kier molecular flexibility index (Phi) is 4.76. The van der Waals surface area contributed by atoms with Crippen LogP contribution in [0.4, 0.5) is 0 Å². The number of hydrogen-bond acceptors (Lipinski definition) is 7. The zero-order valence-corrected chi connectivity index (χ0v) is 15.0. The molecule has 0 aliphatic carbocycles. The minimum atomic E-state index is -0.945. The van der Waals surface area contributed by atoms with Crippen molar-refractivity contribution < 1.29 is 23.8 Å². The lowest BCUT2D eigenvalue weighted by Gasteiger charge is -2.14. The number of fused-ring (bicyclic) bond motifs is 2. The van der Waals surface area contributed by atoms with Crippen LogP contribution < -0.4 is 14.8 Å². The largest absolute Gasteiger partial charge is 0.454 e. The number of amides is 1. The van der Waals surface area contributed by atoms with E-state index in [1.807, 2.05) is 6.07 Å². The number of aromatic nitrogens is 2. The lowest BCUT2D eigenvalue weighted by Crippen LogP contribution is -2.35. The third-order valence-electron chi connectivity index (χ3n) is 4.26. The summed E-state index contributed by atoms with van der Waals surface area (Å²) in [5.41, 5.74) is 2.41. The average molecular weight is 379 g/mol. The second-order valence-corrected chi connectivity index (χ2v) is 6.21. The van der Waals surface area contributed by atoms with Crippen molar-refractivity contribution in [1.82, 2.24) is 15.3 Å². The zero-order chi connectivity index (χ0) is 19.5. The zero-order valence-electron chi connectivity index (χ0n) is 15.0. The maximum atomic E-state index is 12.3. The van der Waals surface area contributed by atoms with Gasteiger partial charge < -0.3 is 19.5 Å². The van der Waals surface area contributed by atoms with E-state index in [4.69, 9.17) is 14.2 Å². The maximum Gasteiger partial charge on any atom is 0.338 e. The molecule has 1 N–H and O–H groups in total. The van der Waals surface area contributed by atoms with Crippen molar-refractivity contribution in [1.29, 1.82) is 0 Å². The molecular formula is C20H17N3O5. The van der Waals surface area contributed by atoms with Crippen LogP contribution in [0.25, 0.3) is 11.0 Å². The molecule has 0 saturated heterocycles. The standard InChI is InChI=1S/C20H17N3O5/c1-12(19(24)23-10-13-2-5-17-18(8-13)27-11-26-17)28-20(25)14-3-4-15-16(9-14)22-7-6-21-15/h2-9,12H,10-11H2,1H3,(H,23,24)/t12-/m0/s1. The molecule has 1 aliphatic heterocycles. The minimum absolute atomic E-state index is 0.193. The molecule has 142 valence electrons. The van der Waals surface area contributed by atoms with Crippen molar-refractivity contribution in [2.75, 3.05) is 6.79 Å². The summed E-state index contributed by atoms with van der Waals surface area (Å²) in [6.45, 7) is 2.00. The van der Waals surface area contributed by atoms with Crippen molar-refractivity contribution in [2.45, 2.75) is 19.6 Å². The van der Waals surface area contributed by atoms with Gasteiger partial charge in [0, 0.05) is 18.9 Å². The summed E-state index contributed by atoms with van der Waals surface area (Å²) in [5, 5.41) is 2.74. The van der Waals surface area contributed by atoms with Crippen molar-refractivity contribution >= 4 is 22.9 Å². The average Bonchev–Trinajstić information content (AvgIpc) is 3.19. The Morgan fingerprint density at radius 2 is 1.86 bits per heavy atom. The molecule has 0 spiro atoms. The van der Waals surface area contributed by atoms with Crippen LogP contribution in [0.5, 0.6) is 11.5 Å². The van der Waals surface area contributed by atoms with Gasteiger partial charge in [0.25, 0.3) is 5.91 Å². The molecule has 4 rings (SSSR count). The highest BCUT2D eigenvalue weighted by atomic mass is 16.7. The van der Waals surface area contributed by atoms with Crippen LogP contribution in [0, 0.1) is 0 Å². The van der Waals surface area contributed by atoms with Gasteiger partial charge in [0.05, 0.1) is 16.6 Å². The molecular weight excluding hydrogens is 362 g/mol. The molecule has 1 aromatic heterocycles. The molecule has 1 aliphatic rings. The first-order chi connectivity index (χ1) is 13.6. The van der Waals surface area contributed by atoms with Crippen molar-refractivity contribution in [3.63, 3.8) is 0 Å². The van der Waals surface area contributed by atoms with E-state index in [9.17, 15) is 9.59 Å². The summed E-state index contributed by atoms with van der Waals surface area (Å²) >= 11 is 0. The van der Waals surface area contributed by atoms with Gasteiger partial charge in [-0.2, -0.15) is 0 Å². The van der Waals surface area contributed by atoms with Gasteiger partial charge >= 0.3 is 5.97 Å². The molecule has 8 heteroatoms. The summed E-state index contributed by atoms with van der Waals surface area (Å²) in [7, 11) is 0. The molecule has 1 atom stereocenters. The maximum absolute atomic E-state index is 12.3. The monoisotopic (exact) mass is 379 g/mol. The lowest BCUT2D eigenvalue weighted by molar-refractivity contribution is -0.129. The molecule has 0 saturated carbocycles. The van der Waals surface area contributed by atoms with Gasteiger partial charge in [0.1, 0.15) is 0 Å². The van der Waals surface area contributed by atoms with Gasteiger partial charge in [0.2, 0.25) is 6.79 Å². The second kappa shape index (κ2) is 7.51. The number of esters is 1. The number of nitrogens with zero attached hydrogens (tertiary/aromatic N) is 2. The Balaban J connectivity index is 1.35. The molecule has 0 radical (unpaired) electrons. The van der Waals surface area contributed by atoms with Crippen LogP contribution in [0.15, 0.2) is 48.8 Å². The topological polar surface area (TPSA) is 99.6 Å². The quantitative estimate of drug-likeness (QED) is 0.679. The van der Waals surface area contributed by atoms with Crippen molar-refractivity contribution in [3.05, 3.63) is 59.9 Å². The number of carbonyl (C=O) groups excluding carboxylic acids is 2. The highest BCUT2D eigenvalue weighted by molar-refractivity contribution is 5.95. The van der Waals surface area contributed by atoms with E-state index < -0.39 is 18.0 Å². The summed E-state index contributed by atoms with van der Waals surface area (Å²) in [5.74, 6) is 0.327. The summed E-state index contributed by atoms with van der Waals surface area (Å²) in [6, 6.07) is 10.3. The van der Waals surface area contributed by atoms with Gasteiger partial charge in [-0.1, -0.05) is 6.07 Å². The molecule has 28 heavy (non-hydrogen) atoms. The Hall–Kier alpha value is -3.68. The van der Waals surface area contributed by atoms with E-state index >= 15 is 0 Å². The molecule has 0 unspecified atom stereocenters. The SMILES string of the molecule is C[C@H](OC(=O)c1ccc2nccnc2c1)C(=O)NCc1ccc2c(c1)OCO2. The summed E-state index contributed by atoms with van der Waals surface area (Å²) in [6.07, 6.45) is 2.18. The van der Waals surface area contributed by atoms with E-state index in [1.54, 1.807) is 42.7 Å². The number of carbonyl (C=O) groups is 2. The van der Waals surface area contributed by atoms with Crippen LogP contribution in [-0.4, -0.2) is 34.7 Å². The van der Waals surface area contributed by atoms with Gasteiger partial charge in [0.15, 0.2) is 17.6 Å². The number of nitrogens with one attached hydrogen (secondary N) is 1. The second-order valence-electron chi connectivity index (χ2n) is 6.21. The molecule has 0 bridgehead atoms. The Bertz CT molecular complexity index is 1050. The lowest BCUT2D eigenvalue weighted by atomic mass is 10.2. The van der Waals surface area contributed by atoms with E-state index in [2.05, 4.69) is 15.3 Å². The first-order valence-electron chi connectivity index (χ1n) is 8.68. The predicted molar refractivity (Wildman–Crippen MR) is 98.8 cm³/mol. The van der Waals surface area contributed by atoms with E-state index in [0.29, 0.717) is 28.1 Å². The van der Waals surface area contributed by atoms with Crippen LogP contribution in [0.1, 0.15) is 22.8 Å². The first kappa shape index (κ1) is 17.7. The predicted octanol–water partition coefficient (Wildman–Crippen LogP) is 2.22. The first-order valence-corrected chi connectivity index (χ1v) is 8.68. The van der Waals surface area contributed by atoms with E-state index in [0.717, 1.165) is 5.56 Å². The van der Waals surface area contributed by atoms with Crippen LogP contribution >= 0.6 is 0 Å². The molecule has 1 amide bonds. The van der Waals surface area contributed by atoms with Gasteiger partial charge in [-0.05, 0) is 42.8 Å². The molecule has 8 nitrogen and oxygen atoms in total.